The van der Waals surface area contributed by atoms with Crippen LogP contribution in [0.15, 0.2) is 0 Å². The van der Waals surface area contributed by atoms with Gasteiger partial charge < -0.3 is 9.47 Å². The lowest BCUT2D eigenvalue weighted by Crippen LogP contribution is -2.10. The van der Waals surface area contributed by atoms with Gasteiger partial charge in [0, 0.05) is 6.61 Å². The zero-order chi connectivity index (χ0) is 9.23. The predicted molar refractivity (Wildman–Crippen MR) is 46.7 cm³/mol. The van der Waals surface area contributed by atoms with E-state index in [1.54, 1.807) is 0 Å². The summed E-state index contributed by atoms with van der Waals surface area (Å²) < 4.78 is 9.44. The number of esters is 1. The maximum atomic E-state index is 10.5. The summed E-state index contributed by atoms with van der Waals surface area (Å²) in [6.45, 7) is 4.43. The van der Waals surface area contributed by atoms with E-state index in [0.717, 1.165) is 25.7 Å². The molecule has 0 spiro atoms. The molecule has 0 bridgehead atoms. The van der Waals surface area contributed by atoms with Gasteiger partial charge in [-0.15, -0.1) is 0 Å². The van der Waals surface area contributed by atoms with Crippen LogP contribution < -0.4 is 0 Å². The Morgan fingerprint density at radius 3 is 2.67 bits per heavy atom. The first-order valence-electron chi connectivity index (χ1n) is 4.25. The maximum absolute atomic E-state index is 10.5. The number of carbonyl (C=O) groups excluding carboxylic acids is 1. The second kappa shape index (κ2) is 8.53. The summed E-state index contributed by atoms with van der Waals surface area (Å²) in [6, 6.07) is 0. The molecule has 0 atom stereocenters. The number of unbranched alkanes of at least 4 members (excludes halogenated alkanes) is 3. The second-order valence-electron chi connectivity index (χ2n) is 2.54. The van der Waals surface area contributed by atoms with Gasteiger partial charge in [0.15, 0.2) is 0 Å². The fourth-order valence-electron chi connectivity index (χ4n) is 0.772. The molecule has 0 aromatic rings. The first-order valence-corrected chi connectivity index (χ1v) is 4.25. The van der Waals surface area contributed by atoms with Gasteiger partial charge >= 0.3 is 5.97 Å². The molecule has 12 heavy (non-hydrogen) atoms. The Morgan fingerprint density at radius 1 is 1.33 bits per heavy atom. The number of ether oxygens (including phenoxy) is 2. The summed E-state index contributed by atoms with van der Waals surface area (Å²) in [5, 5.41) is 0. The number of methoxy groups -OCH3 is 1. The Balaban J connectivity index is 2.95. The minimum absolute atomic E-state index is 0.0703. The van der Waals surface area contributed by atoms with Crippen LogP contribution in [0, 0.1) is 6.92 Å². The molecule has 0 saturated carbocycles. The minimum atomic E-state index is -0.313. The molecule has 3 nitrogen and oxygen atoms in total. The summed E-state index contributed by atoms with van der Waals surface area (Å²) in [6.07, 6.45) is 4.20. The predicted octanol–water partition coefficient (Wildman–Crippen LogP) is 1.57. The summed E-state index contributed by atoms with van der Waals surface area (Å²) in [7, 11) is 1.36. The number of hydrogen-bond donors (Lipinski definition) is 0. The summed E-state index contributed by atoms with van der Waals surface area (Å²) in [4.78, 5) is 10.5. The molecule has 0 saturated heterocycles. The highest BCUT2D eigenvalue weighted by Crippen LogP contribution is 1.98. The van der Waals surface area contributed by atoms with E-state index in [-0.39, 0.29) is 12.6 Å². The second-order valence-corrected chi connectivity index (χ2v) is 2.54. The van der Waals surface area contributed by atoms with E-state index in [0.29, 0.717) is 6.61 Å². The quantitative estimate of drug-likeness (QED) is 0.433. The average Bonchev–Trinajstić information content (AvgIpc) is 2.10. The van der Waals surface area contributed by atoms with Gasteiger partial charge in [0.05, 0.1) is 7.11 Å². The van der Waals surface area contributed by atoms with Crippen LogP contribution in [0.25, 0.3) is 0 Å². The third-order valence-corrected chi connectivity index (χ3v) is 1.49. The molecule has 0 aromatic carbocycles. The smallest absolute Gasteiger partial charge is 0.331 e. The van der Waals surface area contributed by atoms with Crippen molar-refractivity contribution in [1.29, 1.82) is 0 Å². The number of rotatable bonds is 7. The SMILES string of the molecule is [CH2]CCCCCOCC(=O)OC. The highest BCUT2D eigenvalue weighted by Gasteiger charge is 1.97. The van der Waals surface area contributed by atoms with Crippen LogP contribution in [-0.2, 0) is 14.3 Å². The lowest BCUT2D eigenvalue weighted by molar-refractivity contribution is -0.145. The fraction of sp³-hybridized carbons (Fsp3) is 0.778. The van der Waals surface area contributed by atoms with Crippen molar-refractivity contribution in [3.63, 3.8) is 0 Å². The van der Waals surface area contributed by atoms with Gasteiger partial charge in [-0.1, -0.05) is 26.2 Å². The van der Waals surface area contributed by atoms with E-state index in [1.807, 2.05) is 0 Å². The van der Waals surface area contributed by atoms with Crippen LogP contribution in [0.3, 0.4) is 0 Å². The largest absolute Gasteiger partial charge is 0.467 e. The molecular weight excluding hydrogens is 156 g/mol. The first kappa shape index (κ1) is 11.4. The lowest BCUT2D eigenvalue weighted by atomic mass is 10.2. The molecule has 1 radical (unpaired) electrons. The third kappa shape index (κ3) is 7.54. The van der Waals surface area contributed by atoms with Gasteiger partial charge in [-0.2, -0.15) is 0 Å². The first-order chi connectivity index (χ1) is 5.81. The Morgan fingerprint density at radius 2 is 2.08 bits per heavy atom. The molecule has 0 aliphatic carbocycles. The Labute approximate surface area is 74.0 Å². The molecule has 0 fully saturated rings. The topological polar surface area (TPSA) is 35.5 Å². The molecule has 0 amide bonds. The standard InChI is InChI=1S/C9H17O3/c1-3-4-5-6-7-12-8-9(10)11-2/h1,3-8H2,2H3. The van der Waals surface area contributed by atoms with Gasteiger partial charge in [-0.25, -0.2) is 4.79 Å². The fourth-order valence-corrected chi connectivity index (χ4v) is 0.772. The van der Waals surface area contributed by atoms with Crippen molar-refractivity contribution >= 4 is 5.97 Å². The lowest BCUT2D eigenvalue weighted by Gasteiger charge is -2.01. The van der Waals surface area contributed by atoms with Crippen molar-refractivity contribution in [3.8, 4) is 0 Å². The highest BCUT2D eigenvalue weighted by molar-refractivity contribution is 5.70. The van der Waals surface area contributed by atoms with E-state index in [1.165, 1.54) is 7.11 Å². The summed E-state index contributed by atoms with van der Waals surface area (Å²) in [5.41, 5.74) is 0. The Kier molecular flexibility index (Phi) is 8.12. The molecule has 0 heterocycles. The van der Waals surface area contributed by atoms with Gasteiger partial charge in [0.25, 0.3) is 0 Å². The maximum Gasteiger partial charge on any atom is 0.331 e. The van der Waals surface area contributed by atoms with Crippen molar-refractivity contribution in [3.05, 3.63) is 6.92 Å². The van der Waals surface area contributed by atoms with E-state index in [4.69, 9.17) is 4.74 Å². The van der Waals surface area contributed by atoms with E-state index >= 15 is 0 Å². The highest BCUT2D eigenvalue weighted by atomic mass is 16.6. The molecule has 0 N–H and O–H groups in total. The molecule has 71 valence electrons. The van der Waals surface area contributed by atoms with Crippen molar-refractivity contribution in [2.24, 2.45) is 0 Å². The minimum Gasteiger partial charge on any atom is -0.467 e. The van der Waals surface area contributed by atoms with Crippen molar-refractivity contribution in [2.75, 3.05) is 20.3 Å². The Hall–Kier alpha value is -0.570. The third-order valence-electron chi connectivity index (χ3n) is 1.49. The zero-order valence-corrected chi connectivity index (χ0v) is 7.67. The molecule has 0 rings (SSSR count). The summed E-state index contributed by atoms with van der Waals surface area (Å²) >= 11 is 0. The molecular formula is C9H17O3. The molecule has 0 unspecified atom stereocenters. The normalized spacial score (nSPS) is 9.83. The van der Waals surface area contributed by atoms with Crippen LogP contribution in [0.4, 0.5) is 0 Å². The van der Waals surface area contributed by atoms with Crippen LogP contribution in [0.1, 0.15) is 25.7 Å². The number of hydrogen-bond acceptors (Lipinski definition) is 3. The van der Waals surface area contributed by atoms with Crippen LogP contribution in [0.5, 0.6) is 0 Å². The van der Waals surface area contributed by atoms with Crippen LogP contribution in [-0.4, -0.2) is 26.3 Å². The van der Waals surface area contributed by atoms with E-state index < -0.39 is 0 Å². The zero-order valence-electron chi connectivity index (χ0n) is 7.67. The van der Waals surface area contributed by atoms with Crippen LogP contribution >= 0.6 is 0 Å². The van der Waals surface area contributed by atoms with Crippen molar-refractivity contribution in [2.45, 2.75) is 25.7 Å². The van der Waals surface area contributed by atoms with E-state index in [9.17, 15) is 4.79 Å². The molecule has 0 aliphatic rings. The van der Waals surface area contributed by atoms with Crippen molar-refractivity contribution in [1.82, 2.24) is 0 Å². The Bertz CT molecular complexity index is 112. The molecule has 0 aliphatic heterocycles. The van der Waals surface area contributed by atoms with Gasteiger partial charge in [0.1, 0.15) is 6.61 Å². The van der Waals surface area contributed by atoms with Gasteiger partial charge in [0.2, 0.25) is 0 Å². The average molecular weight is 173 g/mol. The van der Waals surface area contributed by atoms with Gasteiger partial charge in [-0.3, -0.25) is 0 Å². The monoisotopic (exact) mass is 173 g/mol. The summed E-state index contributed by atoms with van der Waals surface area (Å²) in [5.74, 6) is -0.313. The molecule has 0 aromatic heterocycles. The van der Waals surface area contributed by atoms with Gasteiger partial charge in [-0.05, 0) is 6.42 Å². The number of carbonyl (C=O) groups is 1. The van der Waals surface area contributed by atoms with Crippen LogP contribution in [0.2, 0.25) is 0 Å². The van der Waals surface area contributed by atoms with Crippen molar-refractivity contribution < 1.29 is 14.3 Å². The van der Waals surface area contributed by atoms with E-state index in [2.05, 4.69) is 11.7 Å². The molecule has 3 heteroatoms.